The summed E-state index contributed by atoms with van der Waals surface area (Å²) in [7, 11) is 0. The Morgan fingerprint density at radius 1 is 1.50 bits per heavy atom. The van der Waals surface area contributed by atoms with E-state index in [0.717, 1.165) is 0 Å². The number of thiophene rings is 1. The van der Waals surface area contributed by atoms with Crippen LogP contribution in [0.25, 0.3) is 12.3 Å². The summed E-state index contributed by atoms with van der Waals surface area (Å²) < 4.78 is 1.91. The van der Waals surface area contributed by atoms with Gasteiger partial charge in [0.25, 0.3) is 0 Å². The first-order chi connectivity index (χ1) is 5.95. The number of hydrogen-bond donors (Lipinski definition) is 0. The van der Waals surface area contributed by atoms with Gasteiger partial charge in [-0.15, -0.1) is 0 Å². The summed E-state index contributed by atoms with van der Waals surface area (Å²) in [5.74, 6) is 0. The third kappa shape index (κ3) is 1.62. The van der Waals surface area contributed by atoms with E-state index in [0.29, 0.717) is 0 Å². The molecule has 0 spiro atoms. The van der Waals surface area contributed by atoms with Crippen LogP contribution in [0.5, 0.6) is 0 Å². The third-order valence-electron chi connectivity index (χ3n) is 1.51. The Balaban J connectivity index is 2.14. The van der Waals surface area contributed by atoms with Crippen molar-refractivity contribution in [1.29, 1.82) is 0 Å². The molecule has 0 aliphatic carbocycles. The molecule has 2 nitrogen and oxygen atoms in total. The molecule has 2 heterocycles. The highest BCUT2D eigenvalue weighted by Gasteiger charge is 1.84. The molecule has 0 saturated carbocycles. The highest BCUT2D eigenvalue weighted by molar-refractivity contribution is 7.08. The Morgan fingerprint density at radius 2 is 2.50 bits per heavy atom. The SMILES string of the molecule is C(=C\n1ccnc1)/c1ccsc1. The topological polar surface area (TPSA) is 17.8 Å². The fourth-order valence-electron chi connectivity index (χ4n) is 0.900. The van der Waals surface area contributed by atoms with Gasteiger partial charge in [0.05, 0.1) is 6.33 Å². The molecule has 0 bridgehead atoms. The van der Waals surface area contributed by atoms with E-state index in [1.54, 1.807) is 23.9 Å². The van der Waals surface area contributed by atoms with Crippen LogP contribution in [0.2, 0.25) is 0 Å². The molecule has 2 aromatic heterocycles. The number of nitrogens with zero attached hydrogens (tertiary/aromatic N) is 2. The first-order valence-electron chi connectivity index (χ1n) is 3.63. The van der Waals surface area contributed by atoms with Crippen LogP contribution in [0, 0.1) is 0 Å². The molecule has 2 rings (SSSR count). The van der Waals surface area contributed by atoms with Gasteiger partial charge in [0.15, 0.2) is 0 Å². The zero-order chi connectivity index (χ0) is 8.23. The van der Waals surface area contributed by atoms with Crippen LogP contribution >= 0.6 is 11.3 Å². The highest BCUT2D eigenvalue weighted by Crippen LogP contribution is 2.08. The average molecular weight is 176 g/mol. The maximum absolute atomic E-state index is 3.94. The van der Waals surface area contributed by atoms with Crippen LogP contribution in [0.3, 0.4) is 0 Å². The fourth-order valence-corrected chi connectivity index (χ4v) is 1.53. The second-order valence-corrected chi connectivity index (χ2v) is 3.16. The van der Waals surface area contributed by atoms with Gasteiger partial charge >= 0.3 is 0 Å². The van der Waals surface area contributed by atoms with E-state index >= 15 is 0 Å². The predicted molar refractivity (Wildman–Crippen MR) is 51.8 cm³/mol. The van der Waals surface area contributed by atoms with Gasteiger partial charge < -0.3 is 4.57 Å². The normalized spacial score (nSPS) is 11.0. The van der Waals surface area contributed by atoms with E-state index in [1.807, 2.05) is 17.0 Å². The molecule has 0 aromatic carbocycles. The van der Waals surface area contributed by atoms with Gasteiger partial charge in [-0.3, -0.25) is 0 Å². The van der Waals surface area contributed by atoms with E-state index < -0.39 is 0 Å². The largest absolute Gasteiger partial charge is 0.313 e. The average Bonchev–Trinajstić information content (AvgIpc) is 2.74. The predicted octanol–water partition coefficient (Wildman–Crippen LogP) is 2.57. The third-order valence-corrected chi connectivity index (χ3v) is 2.21. The molecule has 3 heteroatoms. The van der Waals surface area contributed by atoms with Gasteiger partial charge in [-0.25, -0.2) is 4.98 Å². The van der Waals surface area contributed by atoms with Gasteiger partial charge in [-0.1, -0.05) is 0 Å². The van der Waals surface area contributed by atoms with Crippen LogP contribution in [0.4, 0.5) is 0 Å². The lowest BCUT2D eigenvalue weighted by Gasteiger charge is -1.87. The van der Waals surface area contributed by atoms with E-state index in [4.69, 9.17) is 0 Å². The molecule has 0 saturated heterocycles. The molecule has 60 valence electrons. The van der Waals surface area contributed by atoms with E-state index in [-0.39, 0.29) is 0 Å². The Kier molecular flexibility index (Phi) is 2.05. The van der Waals surface area contributed by atoms with Gasteiger partial charge in [0, 0.05) is 18.6 Å². The van der Waals surface area contributed by atoms with Crippen LogP contribution in [-0.4, -0.2) is 9.55 Å². The summed E-state index contributed by atoms with van der Waals surface area (Å²) in [5, 5.41) is 4.17. The molecule has 2 aromatic rings. The van der Waals surface area contributed by atoms with Crippen molar-refractivity contribution in [3.05, 3.63) is 41.1 Å². The molecule has 0 amide bonds. The van der Waals surface area contributed by atoms with E-state index in [9.17, 15) is 0 Å². The van der Waals surface area contributed by atoms with Crippen molar-refractivity contribution in [1.82, 2.24) is 9.55 Å². The molecule has 0 aliphatic heterocycles. The summed E-state index contributed by atoms with van der Waals surface area (Å²) in [6.07, 6.45) is 9.47. The van der Waals surface area contributed by atoms with Crippen molar-refractivity contribution < 1.29 is 0 Å². The van der Waals surface area contributed by atoms with Crippen LogP contribution in [0.15, 0.2) is 35.5 Å². The number of rotatable bonds is 2. The molecule has 12 heavy (non-hydrogen) atoms. The molecule has 0 aliphatic rings. The lowest BCUT2D eigenvalue weighted by atomic mass is 10.3. The monoisotopic (exact) mass is 176 g/mol. The van der Waals surface area contributed by atoms with Gasteiger partial charge in [0.2, 0.25) is 0 Å². The van der Waals surface area contributed by atoms with Crippen LogP contribution in [-0.2, 0) is 0 Å². The lowest BCUT2D eigenvalue weighted by Crippen LogP contribution is -1.76. The molecular weight excluding hydrogens is 168 g/mol. The Hall–Kier alpha value is -1.35. The highest BCUT2D eigenvalue weighted by atomic mass is 32.1. The summed E-state index contributed by atoms with van der Waals surface area (Å²) in [4.78, 5) is 3.94. The van der Waals surface area contributed by atoms with Crippen molar-refractivity contribution in [2.24, 2.45) is 0 Å². The smallest absolute Gasteiger partial charge is 0.0986 e. The van der Waals surface area contributed by atoms with Crippen molar-refractivity contribution in [2.75, 3.05) is 0 Å². The minimum atomic E-state index is 1.23. The molecular formula is C9H8N2S. The second-order valence-electron chi connectivity index (χ2n) is 2.38. The zero-order valence-electron chi connectivity index (χ0n) is 6.42. The van der Waals surface area contributed by atoms with Gasteiger partial charge in [-0.2, -0.15) is 11.3 Å². The van der Waals surface area contributed by atoms with Crippen LogP contribution < -0.4 is 0 Å². The summed E-state index contributed by atoms with van der Waals surface area (Å²) in [5.41, 5.74) is 1.23. The Bertz CT molecular complexity index is 310. The maximum Gasteiger partial charge on any atom is 0.0986 e. The maximum atomic E-state index is 3.94. The Labute approximate surface area is 74.8 Å². The molecule has 0 radical (unpaired) electrons. The summed E-state index contributed by atoms with van der Waals surface area (Å²) in [6, 6.07) is 2.08. The molecule has 0 unspecified atom stereocenters. The van der Waals surface area contributed by atoms with Crippen molar-refractivity contribution in [2.45, 2.75) is 0 Å². The van der Waals surface area contributed by atoms with E-state index in [2.05, 4.69) is 27.9 Å². The minimum absolute atomic E-state index is 1.23. The molecule has 0 N–H and O–H groups in total. The second kappa shape index (κ2) is 3.36. The van der Waals surface area contributed by atoms with Crippen molar-refractivity contribution >= 4 is 23.6 Å². The zero-order valence-corrected chi connectivity index (χ0v) is 7.24. The fraction of sp³-hybridized carbons (Fsp3) is 0. The number of imidazole rings is 1. The minimum Gasteiger partial charge on any atom is -0.313 e. The van der Waals surface area contributed by atoms with E-state index in [1.165, 1.54) is 5.56 Å². The number of aromatic nitrogens is 2. The van der Waals surface area contributed by atoms with Gasteiger partial charge in [0.1, 0.15) is 0 Å². The molecule has 0 atom stereocenters. The van der Waals surface area contributed by atoms with Crippen molar-refractivity contribution in [3.8, 4) is 0 Å². The number of hydrogen-bond acceptors (Lipinski definition) is 2. The van der Waals surface area contributed by atoms with Gasteiger partial charge in [-0.05, 0) is 28.5 Å². The van der Waals surface area contributed by atoms with Crippen molar-refractivity contribution in [3.63, 3.8) is 0 Å². The summed E-state index contributed by atoms with van der Waals surface area (Å²) >= 11 is 1.70. The first kappa shape index (κ1) is 7.31. The van der Waals surface area contributed by atoms with Crippen LogP contribution in [0.1, 0.15) is 5.56 Å². The lowest BCUT2D eigenvalue weighted by molar-refractivity contribution is 1.14. The standard InChI is InChI=1S/C9H8N2S/c1(9-2-6-12-7-9)4-11-5-3-10-8-11/h1-8H/b4-1+. The first-order valence-corrected chi connectivity index (χ1v) is 4.57. The summed E-state index contributed by atoms with van der Waals surface area (Å²) in [6.45, 7) is 0. The quantitative estimate of drug-likeness (QED) is 0.687. The Morgan fingerprint density at radius 3 is 3.17 bits per heavy atom. The molecule has 0 fully saturated rings.